The third-order valence-corrected chi connectivity index (χ3v) is 3.24. The largest absolute Gasteiger partial charge is 0.333 e. The second-order valence-corrected chi connectivity index (χ2v) is 4.58. The van der Waals surface area contributed by atoms with E-state index in [1.54, 1.807) is 4.90 Å². The van der Waals surface area contributed by atoms with Crippen molar-refractivity contribution in [3.05, 3.63) is 34.6 Å². The van der Waals surface area contributed by atoms with Crippen LogP contribution in [0.3, 0.4) is 0 Å². The van der Waals surface area contributed by atoms with E-state index in [-0.39, 0.29) is 17.0 Å². The van der Waals surface area contributed by atoms with E-state index in [0.29, 0.717) is 12.1 Å². The molecule has 3 nitrogen and oxygen atoms in total. The SMILES string of the molecule is C[C@@H]1CNCCN1C(=O)c1ccc(F)cc1Cl. The zero-order chi connectivity index (χ0) is 12.4. The third kappa shape index (κ3) is 2.58. The Bertz CT molecular complexity index is 439. The summed E-state index contributed by atoms with van der Waals surface area (Å²) in [6, 6.07) is 3.99. The van der Waals surface area contributed by atoms with Crippen molar-refractivity contribution in [2.75, 3.05) is 19.6 Å². The van der Waals surface area contributed by atoms with Gasteiger partial charge in [0, 0.05) is 25.7 Å². The Morgan fingerprint density at radius 2 is 2.35 bits per heavy atom. The molecule has 0 bridgehead atoms. The minimum atomic E-state index is -0.431. The first-order chi connectivity index (χ1) is 8.09. The number of nitrogens with zero attached hydrogens (tertiary/aromatic N) is 1. The van der Waals surface area contributed by atoms with E-state index < -0.39 is 5.82 Å². The van der Waals surface area contributed by atoms with E-state index in [4.69, 9.17) is 11.6 Å². The van der Waals surface area contributed by atoms with Crippen molar-refractivity contribution in [2.45, 2.75) is 13.0 Å². The van der Waals surface area contributed by atoms with Gasteiger partial charge in [0.05, 0.1) is 10.6 Å². The molecule has 1 aliphatic heterocycles. The molecule has 0 spiro atoms. The molecule has 0 radical (unpaired) electrons. The van der Waals surface area contributed by atoms with Crippen LogP contribution in [0.15, 0.2) is 18.2 Å². The molecule has 0 unspecified atom stereocenters. The van der Waals surface area contributed by atoms with Crippen LogP contribution in [0.1, 0.15) is 17.3 Å². The van der Waals surface area contributed by atoms with Gasteiger partial charge in [0.2, 0.25) is 0 Å². The first kappa shape index (κ1) is 12.3. The van der Waals surface area contributed by atoms with Gasteiger partial charge in [-0.15, -0.1) is 0 Å². The zero-order valence-electron chi connectivity index (χ0n) is 9.54. The van der Waals surface area contributed by atoms with E-state index in [1.807, 2.05) is 6.92 Å². The number of hydrogen-bond acceptors (Lipinski definition) is 2. The van der Waals surface area contributed by atoms with Crippen LogP contribution in [0.4, 0.5) is 4.39 Å². The summed E-state index contributed by atoms with van der Waals surface area (Å²) in [5.74, 6) is -0.566. The van der Waals surface area contributed by atoms with Crippen molar-refractivity contribution >= 4 is 17.5 Å². The van der Waals surface area contributed by atoms with E-state index >= 15 is 0 Å². The normalized spacial score (nSPS) is 20.4. The first-order valence-electron chi connectivity index (χ1n) is 5.56. The summed E-state index contributed by atoms with van der Waals surface area (Å²) in [7, 11) is 0. The molecule has 5 heteroatoms. The molecule has 1 atom stereocenters. The minimum absolute atomic E-state index is 0.123. The van der Waals surface area contributed by atoms with E-state index in [2.05, 4.69) is 5.32 Å². The number of piperazine rings is 1. The molecule has 1 aromatic rings. The van der Waals surface area contributed by atoms with Crippen molar-refractivity contribution in [1.82, 2.24) is 10.2 Å². The first-order valence-corrected chi connectivity index (χ1v) is 5.94. The summed E-state index contributed by atoms with van der Waals surface area (Å²) in [5, 5.41) is 3.38. The molecule has 1 saturated heterocycles. The van der Waals surface area contributed by atoms with E-state index in [9.17, 15) is 9.18 Å². The maximum absolute atomic E-state index is 12.9. The monoisotopic (exact) mass is 256 g/mol. The van der Waals surface area contributed by atoms with Crippen molar-refractivity contribution in [2.24, 2.45) is 0 Å². The van der Waals surface area contributed by atoms with Crippen LogP contribution in [0.25, 0.3) is 0 Å². The van der Waals surface area contributed by atoms with E-state index in [0.717, 1.165) is 13.1 Å². The maximum atomic E-state index is 12.9. The van der Waals surface area contributed by atoms with Crippen LogP contribution < -0.4 is 5.32 Å². The Hall–Kier alpha value is -1.13. The molecule has 1 N–H and O–H groups in total. The van der Waals surface area contributed by atoms with Gasteiger partial charge in [0.15, 0.2) is 0 Å². The molecule has 2 rings (SSSR count). The lowest BCUT2D eigenvalue weighted by Gasteiger charge is -2.34. The van der Waals surface area contributed by atoms with Crippen molar-refractivity contribution in [1.29, 1.82) is 0 Å². The second-order valence-electron chi connectivity index (χ2n) is 4.18. The fraction of sp³-hybridized carbons (Fsp3) is 0.417. The van der Waals surface area contributed by atoms with Gasteiger partial charge >= 0.3 is 0 Å². The molecule has 1 fully saturated rings. The summed E-state index contributed by atoms with van der Waals surface area (Å²) >= 11 is 5.89. The number of hydrogen-bond donors (Lipinski definition) is 1. The minimum Gasteiger partial charge on any atom is -0.333 e. The number of benzene rings is 1. The lowest BCUT2D eigenvalue weighted by molar-refractivity contribution is 0.0656. The number of halogens is 2. The molecular weight excluding hydrogens is 243 g/mol. The standard InChI is InChI=1S/C12H14ClFN2O/c1-8-7-15-4-5-16(8)12(17)10-3-2-9(14)6-11(10)13/h2-3,6,8,15H,4-5,7H2,1H3/t8-/m1/s1. The average Bonchev–Trinajstić information content (AvgIpc) is 2.29. The van der Waals surface area contributed by atoms with Crippen LogP contribution in [-0.4, -0.2) is 36.5 Å². The summed E-state index contributed by atoms with van der Waals surface area (Å²) in [5.41, 5.74) is 0.363. The summed E-state index contributed by atoms with van der Waals surface area (Å²) in [6.45, 7) is 4.16. The Morgan fingerprint density at radius 1 is 1.59 bits per heavy atom. The van der Waals surface area contributed by atoms with Crippen LogP contribution in [0, 0.1) is 5.82 Å². The molecule has 92 valence electrons. The summed E-state index contributed by atoms with van der Waals surface area (Å²) in [6.07, 6.45) is 0. The Kier molecular flexibility index (Phi) is 3.64. The number of amides is 1. The van der Waals surface area contributed by atoms with Gasteiger partial charge in [-0.2, -0.15) is 0 Å². The number of carbonyl (C=O) groups excluding carboxylic acids is 1. The highest BCUT2D eigenvalue weighted by Gasteiger charge is 2.25. The number of nitrogens with one attached hydrogen (secondary N) is 1. The van der Waals surface area contributed by atoms with Gasteiger partial charge in [-0.3, -0.25) is 4.79 Å². The van der Waals surface area contributed by atoms with Gasteiger partial charge in [0.1, 0.15) is 5.82 Å². The predicted molar refractivity (Wildman–Crippen MR) is 64.8 cm³/mol. The van der Waals surface area contributed by atoms with Crippen molar-refractivity contribution in [3.8, 4) is 0 Å². The molecule has 0 aromatic heterocycles. The Morgan fingerprint density at radius 3 is 3.00 bits per heavy atom. The second kappa shape index (κ2) is 5.02. The molecule has 17 heavy (non-hydrogen) atoms. The number of carbonyl (C=O) groups is 1. The third-order valence-electron chi connectivity index (χ3n) is 2.92. The highest BCUT2D eigenvalue weighted by molar-refractivity contribution is 6.33. The van der Waals surface area contributed by atoms with Gasteiger partial charge in [-0.25, -0.2) is 4.39 Å². The maximum Gasteiger partial charge on any atom is 0.255 e. The molecule has 1 heterocycles. The van der Waals surface area contributed by atoms with E-state index in [1.165, 1.54) is 18.2 Å². The van der Waals surface area contributed by atoms with Gasteiger partial charge in [0.25, 0.3) is 5.91 Å². The van der Waals surface area contributed by atoms with Crippen LogP contribution in [0.5, 0.6) is 0 Å². The lowest BCUT2D eigenvalue weighted by Crippen LogP contribution is -2.52. The lowest BCUT2D eigenvalue weighted by atomic mass is 10.1. The van der Waals surface area contributed by atoms with Crippen LogP contribution >= 0.6 is 11.6 Å². The molecule has 0 saturated carbocycles. The fourth-order valence-electron chi connectivity index (χ4n) is 1.96. The van der Waals surface area contributed by atoms with Gasteiger partial charge in [-0.05, 0) is 25.1 Å². The summed E-state index contributed by atoms with van der Waals surface area (Å²) < 4.78 is 12.9. The fourth-order valence-corrected chi connectivity index (χ4v) is 2.21. The highest BCUT2D eigenvalue weighted by atomic mass is 35.5. The van der Waals surface area contributed by atoms with Crippen LogP contribution in [0.2, 0.25) is 5.02 Å². The summed E-state index contributed by atoms with van der Waals surface area (Å²) in [4.78, 5) is 14.0. The zero-order valence-corrected chi connectivity index (χ0v) is 10.3. The van der Waals surface area contributed by atoms with Crippen LogP contribution in [-0.2, 0) is 0 Å². The van der Waals surface area contributed by atoms with Crippen molar-refractivity contribution in [3.63, 3.8) is 0 Å². The molecular formula is C12H14ClFN2O. The quantitative estimate of drug-likeness (QED) is 0.833. The molecule has 0 aliphatic carbocycles. The number of rotatable bonds is 1. The molecule has 1 aliphatic rings. The highest BCUT2D eigenvalue weighted by Crippen LogP contribution is 2.20. The topological polar surface area (TPSA) is 32.3 Å². The van der Waals surface area contributed by atoms with Gasteiger partial charge < -0.3 is 10.2 Å². The Labute approximate surface area is 105 Å². The van der Waals surface area contributed by atoms with Gasteiger partial charge in [-0.1, -0.05) is 11.6 Å². The Balaban J connectivity index is 2.24. The molecule has 1 aromatic carbocycles. The predicted octanol–water partition coefficient (Wildman–Crippen LogP) is 1.91. The average molecular weight is 257 g/mol. The molecule has 1 amide bonds. The smallest absolute Gasteiger partial charge is 0.255 e. The van der Waals surface area contributed by atoms with Crippen molar-refractivity contribution < 1.29 is 9.18 Å².